The van der Waals surface area contributed by atoms with E-state index < -0.39 is 23.6 Å². The van der Waals surface area contributed by atoms with Gasteiger partial charge in [0.1, 0.15) is 12.1 Å². The van der Waals surface area contributed by atoms with Gasteiger partial charge in [-0.05, 0) is 23.9 Å². The molecule has 3 unspecified atom stereocenters. The third kappa shape index (κ3) is 5.15. The van der Waals surface area contributed by atoms with Crippen LogP contribution in [0.1, 0.15) is 56.8 Å². The predicted molar refractivity (Wildman–Crippen MR) is 128 cm³/mol. The van der Waals surface area contributed by atoms with Crippen molar-refractivity contribution in [1.82, 2.24) is 30.1 Å². The largest absolute Gasteiger partial charge is 0.391 e. The van der Waals surface area contributed by atoms with Gasteiger partial charge in [0.15, 0.2) is 0 Å². The highest BCUT2D eigenvalue weighted by Gasteiger charge is 2.45. The molecule has 2 fully saturated rings. The molecule has 2 N–H and O–H groups in total. The van der Waals surface area contributed by atoms with E-state index in [1.54, 1.807) is 11.7 Å². The summed E-state index contributed by atoms with van der Waals surface area (Å²) >= 11 is 0. The molecule has 3 heterocycles. The molecule has 9 heteroatoms. The minimum atomic E-state index is -0.715. The molecular weight excluding hydrogens is 432 g/mol. The van der Waals surface area contributed by atoms with Crippen LogP contribution in [-0.4, -0.2) is 80.5 Å². The first-order chi connectivity index (χ1) is 16.2. The SMILES string of the molecule is CNC(=O)C1CC(O)CN1C(=O)[C@@H](n1cc(C2CCN(Cc3ccccc3)C2)nn1)C(C)(C)C. The molecule has 0 spiro atoms. The number of amides is 2. The van der Waals surface area contributed by atoms with Gasteiger partial charge >= 0.3 is 0 Å². The van der Waals surface area contributed by atoms with E-state index in [2.05, 4.69) is 44.8 Å². The number of aliphatic hydroxyl groups is 1. The third-order valence-corrected chi connectivity index (χ3v) is 6.90. The van der Waals surface area contributed by atoms with Crippen molar-refractivity contribution in [2.24, 2.45) is 5.41 Å². The van der Waals surface area contributed by atoms with Crippen molar-refractivity contribution < 1.29 is 14.7 Å². The van der Waals surface area contributed by atoms with Crippen molar-refractivity contribution in [1.29, 1.82) is 0 Å². The molecule has 2 aromatic rings. The van der Waals surface area contributed by atoms with Crippen LogP contribution in [-0.2, 0) is 16.1 Å². The summed E-state index contributed by atoms with van der Waals surface area (Å²) in [5.74, 6) is -0.215. The van der Waals surface area contributed by atoms with Gasteiger partial charge in [0.05, 0.1) is 11.8 Å². The summed E-state index contributed by atoms with van der Waals surface area (Å²) in [6.45, 7) is 8.89. The molecule has 1 aromatic heterocycles. The Balaban J connectivity index is 1.50. The van der Waals surface area contributed by atoms with E-state index in [4.69, 9.17) is 0 Å². The highest BCUT2D eigenvalue weighted by molar-refractivity contribution is 5.90. The number of aliphatic hydroxyl groups excluding tert-OH is 1. The Labute approximate surface area is 201 Å². The predicted octanol–water partition coefficient (Wildman–Crippen LogP) is 1.56. The van der Waals surface area contributed by atoms with E-state index >= 15 is 0 Å². The molecule has 2 amide bonds. The summed E-state index contributed by atoms with van der Waals surface area (Å²) in [4.78, 5) is 30.0. The van der Waals surface area contributed by atoms with Crippen molar-refractivity contribution in [3.8, 4) is 0 Å². The smallest absolute Gasteiger partial charge is 0.248 e. The lowest BCUT2D eigenvalue weighted by Gasteiger charge is -2.34. The molecule has 4 rings (SSSR count). The quantitative estimate of drug-likeness (QED) is 0.667. The first-order valence-electron chi connectivity index (χ1n) is 12.1. The van der Waals surface area contributed by atoms with Crippen LogP contribution in [0, 0.1) is 5.41 Å². The van der Waals surface area contributed by atoms with Gasteiger partial charge in [-0.1, -0.05) is 56.3 Å². The number of benzene rings is 1. The molecule has 9 nitrogen and oxygen atoms in total. The lowest BCUT2D eigenvalue weighted by molar-refractivity contribution is -0.144. The fraction of sp³-hybridized carbons (Fsp3) is 0.600. The second-order valence-corrected chi connectivity index (χ2v) is 10.6. The maximum atomic E-state index is 13.7. The number of likely N-dealkylation sites (N-methyl/N-ethyl adjacent to an activating group) is 1. The Morgan fingerprint density at radius 2 is 1.94 bits per heavy atom. The van der Waals surface area contributed by atoms with Crippen LogP contribution in [0.5, 0.6) is 0 Å². The molecular formula is C25H36N6O3. The summed E-state index contributed by atoms with van der Waals surface area (Å²) in [6, 6.07) is 9.13. The lowest BCUT2D eigenvalue weighted by atomic mass is 9.85. The number of carbonyl (C=O) groups excluding carboxylic acids is 2. The first-order valence-corrected chi connectivity index (χ1v) is 12.1. The van der Waals surface area contributed by atoms with Crippen LogP contribution in [0.25, 0.3) is 0 Å². The maximum absolute atomic E-state index is 13.7. The van der Waals surface area contributed by atoms with E-state index in [1.165, 1.54) is 10.5 Å². The number of hydrogen-bond donors (Lipinski definition) is 2. The average Bonchev–Trinajstić information content (AvgIpc) is 3.53. The van der Waals surface area contributed by atoms with Crippen molar-refractivity contribution in [3.05, 3.63) is 47.8 Å². The van der Waals surface area contributed by atoms with Crippen molar-refractivity contribution in [2.75, 3.05) is 26.7 Å². The number of carbonyl (C=O) groups is 2. The fourth-order valence-electron chi connectivity index (χ4n) is 5.17. The van der Waals surface area contributed by atoms with Gasteiger partial charge in [-0.15, -0.1) is 5.10 Å². The minimum Gasteiger partial charge on any atom is -0.391 e. The number of aromatic nitrogens is 3. The maximum Gasteiger partial charge on any atom is 0.248 e. The molecule has 2 aliphatic heterocycles. The van der Waals surface area contributed by atoms with E-state index in [1.807, 2.05) is 33.0 Å². The summed E-state index contributed by atoms with van der Waals surface area (Å²) < 4.78 is 1.66. The standard InChI is InChI=1S/C25H36N6O3/c1-25(2,3)22(24(34)30-15-19(32)12-21(30)23(33)26-4)31-16-20(27-28-31)18-10-11-29(14-18)13-17-8-6-5-7-9-17/h5-9,16,18-19,21-22,32H,10-15H2,1-4H3,(H,26,33)/t18?,19?,21?,22-/m1/s1. The normalized spacial score (nSPS) is 24.4. The van der Waals surface area contributed by atoms with Crippen LogP contribution in [0.4, 0.5) is 0 Å². The Bertz CT molecular complexity index is 1000. The van der Waals surface area contributed by atoms with E-state index in [0.29, 0.717) is 0 Å². The molecule has 0 saturated carbocycles. The number of β-amino-alcohol motifs (C(OH)–C–C–N with tert-alkyl or cyclic N) is 1. The highest BCUT2D eigenvalue weighted by atomic mass is 16.3. The lowest BCUT2D eigenvalue weighted by Crippen LogP contribution is -2.49. The van der Waals surface area contributed by atoms with Gasteiger partial charge in [-0.3, -0.25) is 14.5 Å². The van der Waals surface area contributed by atoms with Gasteiger partial charge in [0.2, 0.25) is 11.8 Å². The molecule has 4 atom stereocenters. The highest BCUT2D eigenvalue weighted by Crippen LogP contribution is 2.35. The second-order valence-electron chi connectivity index (χ2n) is 10.6. The van der Waals surface area contributed by atoms with Gasteiger partial charge in [-0.25, -0.2) is 4.68 Å². The Kier molecular flexibility index (Phi) is 7.04. The molecule has 184 valence electrons. The number of rotatable bonds is 6. The molecule has 0 bridgehead atoms. The monoisotopic (exact) mass is 468 g/mol. The zero-order chi connectivity index (χ0) is 24.5. The van der Waals surface area contributed by atoms with Crippen molar-refractivity contribution >= 4 is 11.8 Å². The summed E-state index contributed by atoms with van der Waals surface area (Å²) in [5, 5.41) is 21.6. The average molecular weight is 469 g/mol. The van der Waals surface area contributed by atoms with E-state index in [9.17, 15) is 14.7 Å². The van der Waals surface area contributed by atoms with Crippen LogP contribution < -0.4 is 5.32 Å². The molecule has 34 heavy (non-hydrogen) atoms. The van der Waals surface area contributed by atoms with E-state index in [-0.39, 0.29) is 30.7 Å². The Morgan fingerprint density at radius 1 is 1.21 bits per heavy atom. The zero-order valence-electron chi connectivity index (χ0n) is 20.5. The minimum absolute atomic E-state index is 0.141. The second kappa shape index (κ2) is 9.84. The topological polar surface area (TPSA) is 104 Å². The van der Waals surface area contributed by atoms with Crippen molar-refractivity contribution in [2.45, 2.75) is 64.3 Å². The van der Waals surface area contributed by atoms with Crippen LogP contribution in [0.2, 0.25) is 0 Å². The van der Waals surface area contributed by atoms with Gasteiger partial charge in [-0.2, -0.15) is 0 Å². The Hall–Kier alpha value is -2.78. The molecule has 0 radical (unpaired) electrons. The first kappa shape index (κ1) is 24.3. The van der Waals surface area contributed by atoms with E-state index in [0.717, 1.165) is 31.7 Å². The summed E-state index contributed by atoms with van der Waals surface area (Å²) in [7, 11) is 1.54. The summed E-state index contributed by atoms with van der Waals surface area (Å²) in [6.07, 6.45) is 2.42. The van der Waals surface area contributed by atoms with Crippen LogP contribution >= 0.6 is 0 Å². The van der Waals surface area contributed by atoms with Crippen molar-refractivity contribution in [3.63, 3.8) is 0 Å². The molecule has 0 aliphatic carbocycles. The number of nitrogens with zero attached hydrogens (tertiary/aromatic N) is 5. The van der Waals surface area contributed by atoms with Gasteiger partial charge in [0.25, 0.3) is 0 Å². The Morgan fingerprint density at radius 3 is 2.62 bits per heavy atom. The van der Waals surface area contributed by atoms with Crippen LogP contribution in [0.3, 0.4) is 0 Å². The van der Waals surface area contributed by atoms with Gasteiger partial charge in [0, 0.05) is 45.2 Å². The molecule has 2 aliphatic rings. The number of hydrogen-bond acceptors (Lipinski definition) is 6. The van der Waals surface area contributed by atoms with Crippen LogP contribution in [0.15, 0.2) is 36.5 Å². The number of nitrogens with one attached hydrogen (secondary N) is 1. The van der Waals surface area contributed by atoms with Gasteiger partial charge < -0.3 is 15.3 Å². The molecule has 2 saturated heterocycles. The summed E-state index contributed by atoms with van der Waals surface area (Å²) in [5.41, 5.74) is 1.73. The fourth-order valence-corrected chi connectivity index (χ4v) is 5.17. The third-order valence-electron chi connectivity index (χ3n) is 6.90. The zero-order valence-corrected chi connectivity index (χ0v) is 20.5. The number of likely N-dealkylation sites (tertiary alicyclic amines) is 2. The molecule has 1 aromatic carbocycles.